The molecule has 2 fully saturated rings. The lowest BCUT2D eigenvalue weighted by Crippen LogP contribution is -2.50. The van der Waals surface area contributed by atoms with E-state index >= 15 is 0 Å². The van der Waals surface area contributed by atoms with Crippen molar-refractivity contribution in [2.24, 2.45) is 5.41 Å². The van der Waals surface area contributed by atoms with Crippen molar-refractivity contribution in [3.8, 4) is 0 Å². The molecule has 2 aromatic carbocycles. The first-order chi connectivity index (χ1) is 18.8. The van der Waals surface area contributed by atoms with Crippen molar-refractivity contribution >= 4 is 23.2 Å². The number of hydrogen-bond donors (Lipinski definition) is 0. The Bertz CT molecular complexity index is 1200. The lowest BCUT2D eigenvalue weighted by atomic mass is 9.96. The molecule has 1 amide bonds. The Balaban J connectivity index is 1.17. The van der Waals surface area contributed by atoms with Gasteiger partial charge in [0, 0.05) is 50.6 Å². The maximum Gasteiger partial charge on any atom is 0.330 e. The number of hydroxylamine groups is 2. The summed E-state index contributed by atoms with van der Waals surface area (Å²) < 4.78 is 0. The van der Waals surface area contributed by atoms with Crippen molar-refractivity contribution in [2.75, 3.05) is 39.3 Å². The smallest absolute Gasteiger partial charge is 0.330 e. The standard InChI is InChI=1S/C31H38N4O3S/c1-31(2,3)30(37)38-35-16-14-25(15-17-35)28-32-26(22-39-28)29(36)34-20-18-33(19-21-34)27(23-10-6-4-7-11-23)24-12-8-5-9-13-24/h4-13,22,25,27H,14-21H2,1-3H3. The number of benzene rings is 2. The summed E-state index contributed by atoms with van der Waals surface area (Å²) in [7, 11) is 0. The van der Waals surface area contributed by atoms with E-state index in [-0.39, 0.29) is 23.8 Å². The molecule has 0 bridgehead atoms. The highest BCUT2D eigenvalue weighted by Crippen LogP contribution is 2.32. The molecule has 0 spiro atoms. The molecule has 3 aromatic rings. The van der Waals surface area contributed by atoms with Gasteiger partial charge in [0.15, 0.2) is 0 Å². The third-order valence-electron chi connectivity index (χ3n) is 7.57. The van der Waals surface area contributed by atoms with Gasteiger partial charge >= 0.3 is 5.97 Å². The Kier molecular flexibility index (Phi) is 8.45. The lowest BCUT2D eigenvalue weighted by Gasteiger charge is -2.39. The number of hydrogen-bond acceptors (Lipinski definition) is 7. The van der Waals surface area contributed by atoms with Gasteiger partial charge < -0.3 is 9.74 Å². The van der Waals surface area contributed by atoms with Crippen molar-refractivity contribution in [1.29, 1.82) is 0 Å². The van der Waals surface area contributed by atoms with Crippen molar-refractivity contribution < 1.29 is 14.4 Å². The molecular formula is C31H38N4O3S. The average Bonchev–Trinajstić information content (AvgIpc) is 3.45. The van der Waals surface area contributed by atoms with Crippen LogP contribution in [0.15, 0.2) is 66.0 Å². The molecule has 2 aliphatic heterocycles. The fraction of sp³-hybridized carbons (Fsp3) is 0.452. The first-order valence-electron chi connectivity index (χ1n) is 13.9. The van der Waals surface area contributed by atoms with Gasteiger partial charge in [0.05, 0.1) is 16.5 Å². The number of rotatable bonds is 6. The number of aromatic nitrogens is 1. The average molecular weight is 547 g/mol. The molecule has 3 heterocycles. The first-order valence-corrected chi connectivity index (χ1v) is 14.7. The summed E-state index contributed by atoms with van der Waals surface area (Å²) in [6, 6.07) is 21.4. The molecule has 0 radical (unpaired) electrons. The zero-order chi connectivity index (χ0) is 27.4. The predicted octanol–water partition coefficient (Wildman–Crippen LogP) is 5.37. The SMILES string of the molecule is CC(C)(C)C(=O)ON1CCC(c2nc(C(=O)N3CCN(C(c4ccccc4)c4ccccc4)CC3)cs2)CC1. The first kappa shape index (κ1) is 27.5. The molecule has 2 saturated heterocycles. The maximum atomic E-state index is 13.4. The highest BCUT2D eigenvalue weighted by molar-refractivity contribution is 7.09. The van der Waals surface area contributed by atoms with E-state index in [0.29, 0.717) is 31.9 Å². The minimum atomic E-state index is -0.517. The van der Waals surface area contributed by atoms with Gasteiger partial charge in [-0.1, -0.05) is 60.7 Å². The molecule has 5 rings (SSSR count). The van der Waals surface area contributed by atoms with E-state index in [2.05, 4.69) is 65.6 Å². The summed E-state index contributed by atoms with van der Waals surface area (Å²) in [5.41, 5.74) is 2.57. The van der Waals surface area contributed by atoms with Gasteiger partial charge in [-0.3, -0.25) is 9.69 Å². The van der Waals surface area contributed by atoms with E-state index in [0.717, 1.165) is 30.9 Å². The van der Waals surface area contributed by atoms with Crippen LogP contribution in [0.2, 0.25) is 0 Å². The number of piperidine rings is 1. The molecular weight excluding hydrogens is 508 g/mol. The second kappa shape index (κ2) is 12.0. The number of thiazole rings is 1. The van der Waals surface area contributed by atoms with E-state index in [9.17, 15) is 9.59 Å². The fourth-order valence-electron chi connectivity index (χ4n) is 5.25. The molecule has 0 N–H and O–H groups in total. The van der Waals surface area contributed by atoms with Gasteiger partial charge in [-0.2, -0.15) is 0 Å². The van der Waals surface area contributed by atoms with Crippen LogP contribution in [0.1, 0.15) is 72.2 Å². The fourth-order valence-corrected chi connectivity index (χ4v) is 6.22. The molecule has 0 unspecified atom stereocenters. The number of carbonyl (C=O) groups is 2. The second-order valence-corrected chi connectivity index (χ2v) is 12.3. The number of amides is 1. The Hall–Kier alpha value is -3.07. The Morgan fingerprint density at radius 1 is 0.872 bits per heavy atom. The Morgan fingerprint density at radius 2 is 1.44 bits per heavy atom. The maximum absolute atomic E-state index is 13.4. The van der Waals surface area contributed by atoms with Crippen LogP contribution in [0.3, 0.4) is 0 Å². The zero-order valence-electron chi connectivity index (χ0n) is 23.1. The van der Waals surface area contributed by atoms with Crippen LogP contribution >= 0.6 is 11.3 Å². The monoisotopic (exact) mass is 546 g/mol. The summed E-state index contributed by atoms with van der Waals surface area (Å²) in [4.78, 5) is 40.3. The van der Waals surface area contributed by atoms with E-state index in [1.165, 1.54) is 11.1 Å². The van der Waals surface area contributed by atoms with Gasteiger partial charge in [0.25, 0.3) is 5.91 Å². The molecule has 0 atom stereocenters. The highest BCUT2D eigenvalue weighted by Gasteiger charge is 2.32. The molecule has 0 aliphatic carbocycles. The van der Waals surface area contributed by atoms with Gasteiger partial charge in [-0.05, 0) is 44.7 Å². The van der Waals surface area contributed by atoms with Crippen LogP contribution in [0.4, 0.5) is 0 Å². The van der Waals surface area contributed by atoms with Gasteiger partial charge in [0.2, 0.25) is 0 Å². The summed E-state index contributed by atoms with van der Waals surface area (Å²) in [6.07, 6.45) is 1.72. The number of nitrogens with zero attached hydrogens (tertiary/aromatic N) is 4. The van der Waals surface area contributed by atoms with Crippen molar-refractivity contribution in [1.82, 2.24) is 19.8 Å². The van der Waals surface area contributed by atoms with Crippen LogP contribution in [-0.4, -0.2) is 71.0 Å². The van der Waals surface area contributed by atoms with E-state index < -0.39 is 5.41 Å². The Labute approximate surface area is 235 Å². The van der Waals surface area contributed by atoms with E-state index in [4.69, 9.17) is 9.82 Å². The Morgan fingerprint density at radius 3 is 1.97 bits per heavy atom. The molecule has 1 aromatic heterocycles. The van der Waals surface area contributed by atoms with Gasteiger partial charge in [-0.25, -0.2) is 9.78 Å². The van der Waals surface area contributed by atoms with E-state index in [1.807, 2.05) is 31.1 Å². The molecule has 7 nitrogen and oxygen atoms in total. The minimum absolute atomic E-state index is 0.0182. The van der Waals surface area contributed by atoms with Crippen molar-refractivity contribution in [3.63, 3.8) is 0 Å². The molecule has 8 heteroatoms. The normalized spacial score (nSPS) is 17.9. The van der Waals surface area contributed by atoms with Gasteiger partial charge in [0.1, 0.15) is 5.69 Å². The second-order valence-electron chi connectivity index (χ2n) is 11.5. The zero-order valence-corrected chi connectivity index (χ0v) is 23.9. The third-order valence-corrected chi connectivity index (χ3v) is 8.57. The topological polar surface area (TPSA) is 66.0 Å². The minimum Gasteiger partial charge on any atom is -0.367 e. The summed E-state index contributed by atoms with van der Waals surface area (Å²) in [5.74, 6) is 0.0993. The van der Waals surface area contributed by atoms with E-state index in [1.54, 1.807) is 16.4 Å². The predicted molar refractivity (Wildman–Crippen MR) is 153 cm³/mol. The van der Waals surface area contributed by atoms with Crippen LogP contribution < -0.4 is 0 Å². The quantitative estimate of drug-likeness (QED) is 0.414. The molecule has 2 aliphatic rings. The number of piperazine rings is 1. The van der Waals surface area contributed by atoms with Crippen LogP contribution in [0, 0.1) is 5.41 Å². The van der Waals surface area contributed by atoms with Crippen LogP contribution in [0.5, 0.6) is 0 Å². The van der Waals surface area contributed by atoms with Crippen molar-refractivity contribution in [2.45, 2.75) is 45.6 Å². The molecule has 39 heavy (non-hydrogen) atoms. The lowest BCUT2D eigenvalue weighted by molar-refractivity contribution is -0.204. The number of carbonyl (C=O) groups excluding carboxylic acids is 2. The highest BCUT2D eigenvalue weighted by atomic mass is 32.1. The van der Waals surface area contributed by atoms with Crippen LogP contribution in [0.25, 0.3) is 0 Å². The van der Waals surface area contributed by atoms with Crippen LogP contribution in [-0.2, 0) is 9.63 Å². The third kappa shape index (κ3) is 6.57. The van der Waals surface area contributed by atoms with Gasteiger partial charge in [-0.15, -0.1) is 16.4 Å². The summed E-state index contributed by atoms with van der Waals surface area (Å²) in [5, 5.41) is 4.68. The largest absolute Gasteiger partial charge is 0.367 e. The summed E-state index contributed by atoms with van der Waals surface area (Å²) >= 11 is 1.57. The van der Waals surface area contributed by atoms with Crippen molar-refractivity contribution in [3.05, 3.63) is 87.9 Å². The molecule has 0 saturated carbocycles. The summed E-state index contributed by atoms with van der Waals surface area (Å²) in [6.45, 7) is 9.93. The molecule has 206 valence electrons.